The molecule has 0 fully saturated rings. The number of aromatic nitrogens is 1. The minimum atomic E-state index is -3.79. The third-order valence-corrected chi connectivity index (χ3v) is 3.37. The van der Waals surface area contributed by atoms with E-state index in [0.29, 0.717) is 5.75 Å². The second-order valence-electron chi connectivity index (χ2n) is 3.33. The molecule has 18 heavy (non-hydrogen) atoms. The molecule has 0 aliphatic heterocycles. The summed E-state index contributed by atoms with van der Waals surface area (Å²) in [6, 6.07) is 7.99. The number of pyridine rings is 1. The molecular weight excluding hydrogens is 281 g/mol. The van der Waals surface area contributed by atoms with Crippen molar-refractivity contribution in [3.63, 3.8) is 0 Å². The van der Waals surface area contributed by atoms with Crippen LogP contribution in [0.3, 0.4) is 0 Å². The van der Waals surface area contributed by atoms with Gasteiger partial charge in [-0.1, -0.05) is 0 Å². The lowest BCUT2D eigenvalue weighted by Crippen LogP contribution is -1.93. The molecule has 0 spiro atoms. The molecule has 0 amide bonds. The number of hydrogen-bond donors (Lipinski definition) is 0. The molecule has 1 aromatic carbocycles. The minimum Gasteiger partial charge on any atom is -0.439 e. The summed E-state index contributed by atoms with van der Waals surface area (Å²) in [7, 11) is 1.34. The van der Waals surface area contributed by atoms with Crippen molar-refractivity contribution in [1.29, 1.82) is 0 Å². The zero-order valence-corrected chi connectivity index (χ0v) is 10.5. The second-order valence-corrected chi connectivity index (χ2v) is 5.89. The largest absolute Gasteiger partial charge is 0.439 e. The third kappa shape index (κ3) is 3.18. The minimum absolute atomic E-state index is 0.115. The average molecular weight is 288 g/mol. The molecule has 2 rings (SSSR count). The van der Waals surface area contributed by atoms with Gasteiger partial charge in [0.15, 0.2) is 0 Å². The first-order chi connectivity index (χ1) is 8.45. The van der Waals surface area contributed by atoms with Crippen LogP contribution in [0.25, 0.3) is 0 Å². The van der Waals surface area contributed by atoms with Gasteiger partial charge in [-0.25, -0.2) is 17.8 Å². The fraction of sp³-hybridized carbons (Fsp3) is 0. The number of nitrogens with zero attached hydrogens (tertiary/aromatic N) is 1. The van der Waals surface area contributed by atoms with Crippen molar-refractivity contribution in [2.75, 3.05) is 0 Å². The topological polar surface area (TPSA) is 56.3 Å². The first kappa shape index (κ1) is 12.8. The van der Waals surface area contributed by atoms with Crippen LogP contribution in [0.4, 0.5) is 4.39 Å². The van der Waals surface area contributed by atoms with E-state index in [1.165, 1.54) is 36.4 Å². The molecule has 0 aliphatic carbocycles. The number of ether oxygens (including phenoxy) is 1. The first-order valence-electron chi connectivity index (χ1n) is 4.79. The summed E-state index contributed by atoms with van der Waals surface area (Å²) in [5.41, 5.74) is 0. The highest BCUT2D eigenvalue weighted by molar-refractivity contribution is 8.13. The zero-order valence-electron chi connectivity index (χ0n) is 8.88. The van der Waals surface area contributed by atoms with Gasteiger partial charge in [-0.2, -0.15) is 0 Å². The van der Waals surface area contributed by atoms with E-state index in [1.807, 2.05) is 0 Å². The Hall–Kier alpha value is -1.66. The Morgan fingerprint density at radius 3 is 2.28 bits per heavy atom. The molecule has 0 radical (unpaired) electrons. The monoisotopic (exact) mass is 287 g/mol. The van der Waals surface area contributed by atoms with Crippen LogP contribution in [0.15, 0.2) is 47.5 Å². The van der Waals surface area contributed by atoms with E-state index in [1.54, 1.807) is 0 Å². The molecule has 0 N–H and O–H groups in total. The maximum Gasteiger partial charge on any atom is 0.262 e. The zero-order chi connectivity index (χ0) is 13.2. The summed E-state index contributed by atoms with van der Waals surface area (Å²) in [6.45, 7) is 0. The van der Waals surface area contributed by atoms with E-state index in [9.17, 15) is 12.8 Å². The molecule has 7 heteroatoms. The summed E-state index contributed by atoms with van der Waals surface area (Å²) in [5, 5.41) is 0. The van der Waals surface area contributed by atoms with Crippen LogP contribution >= 0.6 is 10.7 Å². The van der Waals surface area contributed by atoms with E-state index >= 15 is 0 Å². The van der Waals surface area contributed by atoms with Crippen LogP contribution in [0.5, 0.6) is 11.6 Å². The van der Waals surface area contributed by atoms with Crippen molar-refractivity contribution >= 4 is 19.7 Å². The van der Waals surface area contributed by atoms with Crippen LogP contribution in [0, 0.1) is 5.82 Å². The van der Waals surface area contributed by atoms with Crippen molar-refractivity contribution in [1.82, 2.24) is 4.98 Å². The molecule has 0 saturated heterocycles. The van der Waals surface area contributed by atoms with Crippen LogP contribution in [0.2, 0.25) is 0 Å². The lowest BCUT2D eigenvalue weighted by Gasteiger charge is -2.04. The Bertz CT molecular complexity index is 641. The predicted molar refractivity (Wildman–Crippen MR) is 63.7 cm³/mol. The van der Waals surface area contributed by atoms with Gasteiger partial charge >= 0.3 is 0 Å². The average Bonchev–Trinajstić information content (AvgIpc) is 2.32. The molecule has 4 nitrogen and oxygen atoms in total. The highest BCUT2D eigenvalue weighted by atomic mass is 35.7. The maximum atomic E-state index is 12.7. The van der Waals surface area contributed by atoms with Crippen molar-refractivity contribution < 1.29 is 17.5 Å². The lowest BCUT2D eigenvalue weighted by molar-refractivity contribution is 0.460. The van der Waals surface area contributed by atoms with Gasteiger partial charge in [0.25, 0.3) is 9.05 Å². The molecule has 0 unspecified atom stereocenters. The highest BCUT2D eigenvalue weighted by Gasteiger charge is 2.10. The van der Waals surface area contributed by atoms with Gasteiger partial charge in [0.2, 0.25) is 5.88 Å². The van der Waals surface area contributed by atoms with Crippen LogP contribution in [-0.4, -0.2) is 13.4 Å². The Kier molecular flexibility index (Phi) is 3.49. The molecular formula is C11H7ClFNO3S. The van der Waals surface area contributed by atoms with Crippen molar-refractivity contribution in [3.8, 4) is 11.6 Å². The molecule has 0 bridgehead atoms. The maximum absolute atomic E-state index is 12.7. The summed E-state index contributed by atoms with van der Waals surface area (Å²) in [4.78, 5) is 3.67. The van der Waals surface area contributed by atoms with E-state index in [2.05, 4.69) is 4.98 Å². The van der Waals surface area contributed by atoms with Gasteiger partial charge in [0, 0.05) is 16.7 Å². The predicted octanol–water partition coefficient (Wildman–Crippen LogP) is 2.94. The molecule has 1 aromatic heterocycles. The Labute approximate surface area is 107 Å². The number of hydrogen-bond acceptors (Lipinski definition) is 4. The molecule has 0 aliphatic rings. The molecule has 0 saturated carbocycles. The number of rotatable bonds is 3. The third-order valence-electron chi connectivity index (χ3n) is 2.03. The summed E-state index contributed by atoms with van der Waals surface area (Å²) < 4.78 is 39.9. The second kappa shape index (κ2) is 4.91. The van der Waals surface area contributed by atoms with Gasteiger partial charge in [-0.05, 0) is 30.3 Å². The summed E-state index contributed by atoms with van der Waals surface area (Å²) in [5.74, 6) is 0.204. The van der Waals surface area contributed by atoms with E-state index in [-0.39, 0.29) is 16.6 Å². The molecule has 0 atom stereocenters. The summed E-state index contributed by atoms with van der Waals surface area (Å²) in [6.07, 6.45) is 1.08. The van der Waals surface area contributed by atoms with E-state index in [0.717, 1.165) is 6.20 Å². The van der Waals surface area contributed by atoms with Gasteiger partial charge in [0.1, 0.15) is 16.5 Å². The van der Waals surface area contributed by atoms with E-state index in [4.69, 9.17) is 15.4 Å². The Morgan fingerprint density at radius 1 is 1.11 bits per heavy atom. The number of halogens is 2. The fourth-order valence-corrected chi connectivity index (χ4v) is 1.88. The Balaban J connectivity index is 2.18. The normalized spacial score (nSPS) is 11.2. The standard InChI is InChI=1S/C11H7ClFNO3S/c12-18(15,16)10-5-6-11(14-7-10)17-9-3-1-8(13)2-4-9/h1-7H. The SMILES string of the molecule is O=S(=O)(Cl)c1ccc(Oc2ccc(F)cc2)nc1. The molecule has 1 heterocycles. The molecule has 2 aromatic rings. The van der Waals surface area contributed by atoms with Gasteiger partial charge in [0.05, 0.1) is 6.20 Å². The van der Waals surface area contributed by atoms with Gasteiger partial charge < -0.3 is 4.74 Å². The van der Waals surface area contributed by atoms with Crippen molar-refractivity contribution in [2.24, 2.45) is 0 Å². The highest BCUT2D eigenvalue weighted by Crippen LogP contribution is 2.21. The quantitative estimate of drug-likeness (QED) is 0.815. The van der Waals surface area contributed by atoms with Crippen molar-refractivity contribution in [2.45, 2.75) is 4.90 Å². The first-order valence-corrected chi connectivity index (χ1v) is 7.10. The molecule has 94 valence electrons. The van der Waals surface area contributed by atoms with Gasteiger partial charge in [-0.3, -0.25) is 0 Å². The smallest absolute Gasteiger partial charge is 0.262 e. The van der Waals surface area contributed by atoms with Gasteiger partial charge in [-0.15, -0.1) is 0 Å². The number of benzene rings is 1. The van der Waals surface area contributed by atoms with E-state index < -0.39 is 9.05 Å². The fourth-order valence-electron chi connectivity index (χ4n) is 1.19. The van der Waals surface area contributed by atoms with Crippen LogP contribution in [-0.2, 0) is 9.05 Å². The van der Waals surface area contributed by atoms with Crippen molar-refractivity contribution in [3.05, 3.63) is 48.4 Å². The summed E-state index contributed by atoms with van der Waals surface area (Å²) >= 11 is 0. The lowest BCUT2D eigenvalue weighted by atomic mass is 10.3. The van der Waals surface area contributed by atoms with Crippen LogP contribution in [0.1, 0.15) is 0 Å². The van der Waals surface area contributed by atoms with Crippen LogP contribution < -0.4 is 4.74 Å². The Morgan fingerprint density at radius 2 is 1.78 bits per heavy atom.